The fourth-order valence-corrected chi connectivity index (χ4v) is 6.16. The molecule has 15 heteroatoms. The van der Waals surface area contributed by atoms with E-state index in [-0.39, 0.29) is 26.1 Å². The van der Waals surface area contributed by atoms with Crippen LogP contribution < -0.4 is 0 Å². The van der Waals surface area contributed by atoms with Gasteiger partial charge in [-0.25, -0.2) is 0 Å². The van der Waals surface area contributed by atoms with Gasteiger partial charge in [-0.15, -0.1) is 0 Å². The first kappa shape index (κ1) is 49.1. The summed E-state index contributed by atoms with van der Waals surface area (Å²) in [6, 6.07) is 0. The highest BCUT2D eigenvalue weighted by Crippen LogP contribution is 2.26. The predicted molar refractivity (Wildman–Crippen MR) is 201 cm³/mol. The molecule has 0 radical (unpaired) electrons. The van der Waals surface area contributed by atoms with Crippen molar-refractivity contribution in [3.05, 3.63) is 24.3 Å². The zero-order valence-electron chi connectivity index (χ0n) is 32.9. The lowest BCUT2D eigenvalue weighted by Crippen LogP contribution is -2.61. The lowest BCUT2D eigenvalue weighted by molar-refractivity contribution is -0.332. The molecule has 0 spiro atoms. The third-order valence-corrected chi connectivity index (χ3v) is 9.68. The highest BCUT2D eigenvalue weighted by Gasteiger charge is 2.47. The van der Waals surface area contributed by atoms with Crippen LogP contribution in [0.15, 0.2) is 24.3 Å². The maximum atomic E-state index is 12.8. The van der Waals surface area contributed by atoms with E-state index in [2.05, 4.69) is 31.2 Å². The molecular weight excluding hydrogens is 720 g/mol. The summed E-state index contributed by atoms with van der Waals surface area (Å²) < 4.78 is 33.0. The number of ether oxygens (including phenoxy) is 6. The van der Waals surface area contributed by atoms with Gasteiger partial charge in [0.25, 0.3) is 0 Å². The highest BCUT2D eigenvalue weighted by atomic mass is 16.7. The Hall–Kier alpha value is -2.02. The summed E-state index contributed by atoms with van der Waals surface area (Å²) in [6.45, 7) is 2.25. The molecule has 2 saturated heterocycles. The van der Waals surface area contributed by atoms with Crippen LogP contribution in [0.4, 0.5) is 0 Å². The van der Waals surface area contributed by atoms with Gasteiger partial charge in [0.15, 0.2) is 18.7 Å². The van der Waals surface area contributed by atoms with Gasteiger partial charge in [-0.05, 0) is 44.9 Å². The minimum absolute atomic E-state index is 0.156. The summed E-state index contributed by atoms with van der Waals surface area (Å²) >= 11 is 0. The molecule has 2 aliphatic heterocycles. The van der Waals surface area contributed by atoms with Crippen molar-refractivity contribution < 1.29 is 73.8 Å². The smallest absolute Gasteiger partial charge is 0.306 e. The first-order valence-corrected chi connectivity index (χ1v) is 20.4. The van der Waals surface area contributed by atoms with Crippen LogP contribution in [0.2, 0.25) is 0 Å². The third-order valence-electron chi connectivity index (χ3n) is 9.68. The van der Waals surface area contributed by atoms with Crippen LogP contribution in [0.1, 0.15) is 123 Å². The van der Waals surface area contributed by atoms with Crippen LogP contribution in [0.25, 0.3) is 0 Å². The number of hydrogen-bond acceptors (Lipinski definition) is 15. The average Bonchev–Trinajstić information content (AvgIpc) is 3.18. The summed E-state index contributed by atoms with van der Waals surface area (Å²) in [5.74, 6) is -0.977. The quantitative estimate of drug-likeness (QED) is 0.0328. The largest absolute Gasteiger partial charge is 0.462 e. The van der Waals surface area contributed by atoms with E-state index in [1.54, 1.807) is 0 Å². The molecule has 2 fully saturated rings. The molecule has 0 saturated carbocycles. The molecule has 2 rings (SSSR count). The van der Waals surface area contributed by atoms with Crippen LogP contribution in [-0.2, 0) is 38.0 Å². The fraction of sp³-hybridized carbons (Fsp3) is 0.850. The van der Waals surface area contributed by atoms with Gasteiger partial charge in [-0.2, -0.15) is 0 Å². The molecular formula is C40H70O15. The summed E-state index contributed by atoms with van der Waals surface area (Å²) in [5, 5.41) is 71.3. The summed E-state index contributed by atoms with van der Waals surface area (Å²) in [6.07, 6.45) is 7.98. The molecule has 0 aliphatic carbocycles. The number of carbonyl (C=O) groups is 2. The number of allylic oxidation sites excluding steroid dienone is 4. The van der Waals surface area contributed by atoms with Crippen LogP contribution in [0.5, 0.6) is 0 Å². The Morgan fingerprint density at radius 3 is 1.73 bits per heavy atom. The van der Waals surface area contributed by atoms with Crippen molar-refractivity contribution >= 4 is 11.9 Å². The average molecular weight is 791 g/mol. The molecule has 15 nitrogen and oxygen atoms in total. The van der Waals surface area contributed by atoms with Gasteiger partial charge >= 0.3 is 11.9 Å². The molecule has 11 atom stereocenters. The fourth-order valence-electron chi connectivity index (χ4n) is 6.16. The molecule has 0 aromatic rings. The van der Waals surface area contributed by atoms with Gasteiger partial charge in [-0.1, -0.05) is 89.5 Å². The van der Waals surface area contributed by atoms with E-state index < -0.39 is 92.7 Å². The maximum Gasteiger partial charge on any atom is 0.306 e. The van der Waals surface area contributed by atoms with Crippen LogP contribution >= 0.6 is 0 Å². The second-order valence-corrected chi connectivity index (χ2v) is 14.5. The Morgan fingerprint density at radius 2 is 1.11 bits per heavy atom. The first-order chi connectivity index (χ1) is 26.5. The van der Waals surface area contributed by atoms with Crippen LogP contribution in [0, 0.1) is 0 Å². The molecule has 320 valence electrons. The Kier molecular flexibility index (Phi) is 26.1. The molecule has 0 aromatic heterocycles. The number of aliphatic hydroxyl groups is 7. The van der Waals surface area contributed by atoms with Crippen LogP contribution in [-0.4, -0.2) is 142 Å². The monoisotopic (exact) mass is 790 g/mol. The lowest BCUT2D eigenvalue weighted by Gasteiger charge is -2.42. The van der Waals surface area contributed by atoms with Gasteiger partial charge in [0.05, 0.1) is 19.8 Å². The van der Waals surface area contributed by atoms with E-state index in [4.69, 9.17) is 28.4 Å². The van der Waals surface area contributed by atoms with Gasteiger partial charge in [0.2, 0.25) is 0 Å². The SMILES string of the molecule is CCCCC/C=C\C/C=C\CCCCCCCCCC(=O)OC(COC(=O)CCCC)COC1OC(COC2OC(CO)C(O)C(O)C2O)C(O)C(O)C1O. The van der Waals surface area contributed by atoms with Crippen molar-refractivity contribution in [3.8, 4) is 0 Å². The Balaban J connectivity index is 1.78. The minimum atomic E-state index is -1.76. The maximum absolute atomic E-state index is 12.8. The van der Waals surface area contributed by atoms with E-state index in [0.717, 1.165) is 57.8 Å². The van der Waals surface area contributed by atoms with Crippen molar-refractivity contribution in [2.75, 3.05) is 26.4 Å². The number of esters is 2. The van der Waals surface area contributed by atoms with Crippen molar-refractivity contribution in [2.45, 2.75) is 191 Å². The van der Waals surface area contributed by atoms with E-state index >= 15 is 0 Å². The standard InChI is InChI=1S/C40H70O15/c1-3-5-7-8-9-10-11-12-13-14-15-16-17-18-19-20-21-23-32(43)53-28(25-50-31(42)22-6-4-2)26-51-39-38(49)36(47)34(45)30(55-39)27-52-40-37(48)35(46)33(44)29(24-41)54-40/h9-10,12-13,28-30,33-41,44-49H,3-8,11,14-27H2,1-2H3/b10-9-,13-12-. The summed E-state index contributed by atoms with van der Waals surface area (Å²) in [4.78, 5) is 25.0. The van der Waals surface area contributed by atoms with Crippen molar-refractivity contribution in [2.24, 2.45) is 0 Å². The minimum Gasteiger partial charge on any atom is -0.462 e. The Morgan fingerprint density at radius 1 is 0.582 bits per heavy atom. The lowest BCUT2D eigenvalue weighted by atomic mass is 9.98. The second kappa shape index (κ2) is 29.2. The van der Waals surface area contributed by atoms with Gasteiger partial charge in [0, 0.05) is 12.8 Å². The number of rotatable bonds is 29. The molecule has 0 bridgehead atoms. The topological polar surface area (TPSA) is 231 Å². The highest BCUT2D eigenvalue weighted by molar-refractivity contribution is 5.70. The van der Waals surface area contributed by atoms with Gasteiger partial charge < -0.3 is 64.2 Å². The van der Waals surface area contributed by atoms with Gasteiger partial charge in [-0.3, -0.25) is 9.59 Å². The van der Waals surface area contributed by atoms with E-state index in [9.17, 15) is 45.3 Å². The summed E-state index contributed by atoms with van der Waals surface area (Å²) in [5.41, 5.74) is 0. The molecule has 0 amide bonds. The Bertz CT molecular complexity index is 1070. The number of aliphatic hydroxyl groups excluding tert-OH is 7. The summed E-state index contributed by atoms with van der Waals surface area (Å²) in [7, 11) is 0. The van der Waals surface area contributed by atoms with Crippen LogP contribution in [0.3, 0.4) is 0 Å². The Labute approximate surface area is 326 Å². The van der Waals surface area contributed by atoms with E-state index in [1.165, 1.54) is 25.7 Å². The predicted octanol–water partition coefficient (Wildman–Crippen LogP) is 2.87. The molecule has 55 heavy (non-hydrogen) atoms. The normalized spacial score (nSPS) is 29.2. The second-order valence-electron chi connectivity index (χ2n) is 14.5. The molecule has 2 heterocycles. The molecule has 2 aliphatic rings. The van der Waals surface area contributed by atoms with Crippen molar-refractivity contribution in [1.82, 2.24) is 0 Å². The third kappa shape index (κ3) is 19.3. The van der Waals surface area contributed by atoms with Gasteiger partial charge in [0.1, 0.15) is 55.4 Å². The van der Waals surface area contributed by atoms with Crippen molar-refractivity contribution in [1.29, 1.82) is 0 Å². The molecule has 11 unspecified atom stereocenters. The molecule has 0 aromatic carbocycles. The number of carbonyl (C=O) groups excluding carboxylic acids is 2. The number of unbranched alkanes of at least 4 members (excludes halogenated alkanes) is 11. The zero-order chi connectivity index (χ0) is 40.4. The number of hydrogen-bond donors (Lipinski definition) is 7. The first-order valence-electron chi connectivity index (χ1n) is 20.4. The van der Waals surface area contributed by atoms with E-state index in [0.29, 0.717) is 12.8 Å². The van der Waals surface area contributed by atoms with E-state index in [1.807, 2.05) is 6.92 Å². The van der Waals surface area contributed by atoms with Crippen molar-refractivity contribution in [3.63, 3.8) is 0 Å². The zero-order valence-corrected chi connectivity index (χ0v) is 32.9. The molecule has 7 N–H and O–H groups in total.